The molecule has 0 spiro atoms. The number of imidazole rings is 1. The zero-order valence-electron chi connectivity index (χ0n) is 12.5. The second-order valence-corrected chi connectivity index (χ2v) is 7.75. The summed E-state index contributed by atoms with van der Waals surface area (Å²) in [6.45, 7) is 6.16. The van der Waals surface area contributed by atoms with Crippen molar-refractivity contribution in [3.05, 3.63) is 12.0 Å². The van der Waals surface area contributed by atoms with Crippen molar-refractivity contribution in [2.75, 3.05) is 25.0 Å². The highest BCUT2D eigenvalue weighted by Gasteiger charge is 2.31. The minimum absolute atomic E-state index is 0.154. The van der Waals surface area contributed by atoms with Crippen LogP contribution in [0.25, 0.3) is 0 Å². The van der Waals surface area contributed by atoms with E-state index in [1.54, 1.807) is 6.20 Å². The van der Waals surface area contributed by atoms with Gasteiger partial charge in [0.25, 0.3) is 10.0 Å². The summed E-state index contributed by atoms with van der Waals surface area (Å²) in [5, 5.41) is 0.959. The first-order valence-electron chi connectivity index (χ1n) is 7.20. The Labute approximate surface area is 134 Å². The average molecular weight is 380 g/mol. The van der Waals surface area contributed by atoms with E-state index in [-0.39, 0.29) is 11.1 Å². The van der Waals surface area contributed by atoms with Gasteiger partial charge in [-0.05, 0) is 26.7 Å². The largest absolute Gasteiger partial charge is 0.377 e. The van der Waals surface area contributed by atoms with E-state index >= 15 is 0 Å². The van der Waals surface area contributed by atoms with Crippen molar-refractivity contribution in [3.63, 3.8) is 0 Å². The molecule has 0 atom stereocenters. The van der Waals surface area contributed by atoms with Crippen LogP contribution in [0.2, 0.25) is 0 Å². The van der Waals surface area contributed by atoms with E-state index in [2.05, 4.69) is 20.9 Å². The lowest BCUT2D eigenvalue weighted by Crippen LogP contribution is -2.41. The summed E-state index contributed by atoms with van der Waals surface area (Å²) in [7, 11) is -3.48. The Morgan fingerprint density at radius 3 is 2.62 bits per heavy atom. The van der Waals surface area contributed by atoms with Gasteiger partial charge in [0.15, 0.2) is 5.03 Å². The molecule has 0 aliphatic carbocycles. The van der Waals surface area contributed by atoms with Crippen LogP contribution in [0.5, 0.6) is 0 Å². The van der Waals surface area contributed by atoms with Crippen LogP contribution in [0.1, 0.15) is 25.6 Å². The highest BCUT2D eigenvalue weighted by Crippen LogP contribution is 2.21. The normalized spacial score (nSPS) is 18.2. The molecule has 1 aliphatic heterocycles. The number of nitrogens with zero attached hydrogens (tertiary/aromatic N) is 3. The second kappa shape index (κ2) is 7.21. The number of hydrogen-bond donors (Lipinski definition) is 0. The Morgan fingerprint density at radius 2 is 2.10 bits per heavy atom. The number of alkyl halides is 1. The van der Waals surface area contributed by atoms with Gasteiger partial charge in [-0.25, -0.2) is 13.4 Å². The lowest BCUT2D eigenvalue weighted by Gasteiger charge is -2.30. The van der Waals surface area contributed by atoms with Gasteiger partial charge in [-0.1, -0.05) is 15.9 Å². The van der Waals surface area contributed by atoms with Gasteiger partial charge in [-0.3, -0.25) is 0 Å². The molecule has 1 fully saturated rings. The number of rotatable bonds is 6. The van der Waals surface area contributed by atoms with E-state index in [0.29, 0.717) is 19.7 Å². The fourth-order valence-corrected chi connectivity index (χ4v) is 4.16. The summed E-state index contributed by atoms with van der Waals surface area (Å²) >= 11 is 3.32. The number of aryl methyl sites for hydroxylation is 2. The molecule has 0 aromatic carbocycles. The molecule has 2 rings (SSSR count). The topological polar surface area (TPSA) is 64.4 Å². The van der Waals surface area contributed by atoms with Crippen LogP contribution in [-0.2, 0) is 21.3 Å². The van der Waals surface area contributed by atoms with Crippen LogP contribution in [0.4, 0.5) is 0 Å². The Kier molecular flexibility index (Phi) is 5.81. The number of halogens is 1. The molecular weight excluding hydrogens is 358 g/mol. The van der Waals surface area contributed by atoms with Gasteiger partial charge in [0.2, 0.25) is 0 Å². The molecule has 120 valence electrons. The summed E-state index contributed by atoms with van der Waals surface area (Å²) in [5.74, 6) is 0.728. The molecule has 0 saturated carbocycles. The highest BCUT2D eigenvalue weighted by molar-refractivity contribution is 9.09. The quantitative estimate of drug-likeness (QED) is 0.706. The van der Waals surface area contributed by atoms with Crippen molar-refractivity contribution in [1.29, 1.82) is 0 Å². The van der Waals surface area contributed by atoms with Crippen LogP contribution in [0.3, 0.4) is 0 Å². The van der Waals surface area contributed by atoms with Crippen LogP contribution in [-0.4, -0.2) is 53.4 Å². The average Bonchev–Trinajstić information content (AvgIpc) is 2.87. The summed E-state index contributed by atoms with van der Waals surface area (Å²) in [5.41, 5.74) is 0. The fraction of sp³-hybridized carbons (Fsp3) is 0.769. The SMILES string of the molecule is CCn1cc(S(=O)(=O)N2CCC(OCCBr)CC2)nc1C. The van der Waals surface area contributed by atoms with Crippen molar-refractivity contribution in [2.45, 2.75) is 44.4 Å². The third-order valence-electron chi connectivity index (χ3n) is 3.73. The van der Waals surface area contributed by atoms with Gasteiger partial charge in [-0.2, -0.15) is 4.31 Å². The van der Waals surface area contributed by atoms with E-state index in [9.17, 15) is 8.42 Å². The second-order valence-electron chi connectivity index (χ2n) is 5.08. The maximum absolute atomic E-state index is 12.6. The molecule has 1 aromatic rings. The molecule has 1 aliphatic rings. The third-order valence-corrected chi connectivity index (χ3v) is 5.82. The molecule has 8 heteroatoms. The summed E-state index contributed by atoms with van der Waals surface area (Å²) in [6.07, 6.45) is 3.25. The van der Waals surface area contributed by atoms with Crippen molar-refractivity contribution in [1.82, 2.24) is 13.9 Å². The van der Waals surface area contributed by atoms with Gasteiger partial charge in [0.05, 0.1) is 12.7 Å². The number of sulfonamides is 1. The molecular formula is C13H22BrN3O3S. The van der Waals surface area contributed by atoms with E-state index in [4.69, 9.17) is 4.74 Å². The predicted molar refractivity (Wildman–Crippen MR) is 84.2 cm³/mol. The van der Waals surface area contributed by atoms with Crippen LogP contribution in [0, 0.1) is 6.92 Å². The zero-order chi connectivity index (χ0) is 15.5. The maximum Gasteiger partial charge on any atom is 0.262 e. The number of piperidine rings is 1. The van der Waals surface area contributed by atoms with E-state index in [1.807, 2.05) is 18.4 Å². The Balaban J connectivity index is 2.04. The molecule has 0 radical (unpaired) electrons. The molecule has 6 nitrogen and oxygen atoms in total. The van der Waals surface area contributed by atoms with Crippen molar-refractivity contribution in [3.8, 4) is 0 Å². The number of aromatic nitrogens is 2. The minimum Gasteiger partial charge on any atom is -0.377 e. The number of ether oxygens (including phenoxy) is 1. The monoisotopic (exact) mass is 379 g/mol. The van der Waals surface area contributed by atoms with Crippen molar-refractivity contribution in [2.24, 2.45) is 0 Å². The third kappa shape index (κ3) is 3.85. The van der Waals surface area contributed by atoms with E-state index < -0.39 is 10.0 Å². The standard InChI is InChI=1S/C13H22BrN3O3S/c1-3-16-10-13(15-11(16)2)21(18,19)17-7-4-12(5-8-17)20-9-6-14/h10,12H,3-9H2,1-2H3. The molecule has 21 heavy (non-hydrogen) atoms. The Bertz CT molecular complexity index is 565. The van der Waals surface area contributed by atoms with Crippen molar-refractivity contribution >= 4 is 26.0 Å². The van der Waals surface area contributed by atoms with Crippen LogP contribution < -0.4 is 0 Å². The first-order valence-corrected chi connectivity index (χ1v) is 9.76. The molecule has 2 heterocycles. The number of hydrogen-bond acceptors (Lipinski definition) is 4. The van der Waals surface area contributed by atoms with E-state index in [0.717, 1.165) is 30.5 Å². The molecule has 1 aromatic heterocycles. The van der Waals surface area contributed by atoms with Gasteiger partial charge in [0, 0.05) is 31.2 Å². The summed E-state index contributed by atoms with van der Waals surface area (Å²) in [6, 6.07) is 0. The fourth-order valence-electron chi connectivity index (χ4n) is 2.51. The molecule has 0 bridgehead atoms. The summed E-state index contributed by atoms with van der Waals surface area (Å²) in [4.78, 5) is 4.19. The summed E-state index contributed by atoms with van der Waals surface area (Å²) < 4.78 is 34.2. The first kappa shape index (κ1) is 16.9. The maximum atomic E-state index is 12.6. The first-order chi connectivity index (χ1) is 9.98. The smallest absolute Gasteiger partial charge is 0.262 e. The van der Waals surface area contributed by atoms with Crippen LogP contribution in [0.15, 0.2) is 11.2 Å². The zero-order valence-corrected chi connectivity index (χ0v) is 14.9. The molecule has 0 unspecified atom stereocenters. The predicted octanol–water partition coefficient (Wildman–Crippen LogP) is 1.78. The molecule has 0 N–H and O–H groups in total. The van der Waals surface area contributed by atoms with Gasteiger partial charge < -0.3 is 9.30 Å². The van der Waals surface area contributed by atoms with Gasteiger partial charge in [-0.15, -0.1) is 0 Å². The van der Waals surface area contributed by atoms with E-state index in [1.165, 1.54) is 4.31 Å². The Morgan fingerprint density at radius 1 is 1.43 bits per heavy atom. The minimum atomic E-state index is -3.48. The van der Waals surface area contributed by atoms with Crippen molar-refractivity contribution < 1.29 is 13.2 Å². The van der Waals surface area contributed by atoms with Crippen LogP contribution >= 0.6 is 15.9 Å². The van der Waals surface area contributed by atoms with Gasteiger partial charge in [0.1, 0.15) is 5.82 Å². The molecule has 0 amide bonds. The highest BCUT2D eigenvalue weighted by atomic mass is 79.9. The molecule has 1 saturated heterocycles. The lowest BCUT2D eigenvalue weighted by atomic mass is 10.1. The lowest BCUT2D eigenvalue weighted by molar-refractivity contribution is 0.0309. The van der Waals surface area contributed by atoms with Gasteiger partial charge >= 0.3 is 0 Å². The Hall–Kier alpha value is -0.440.